The molecule has 0 aliphatic carbocycles. The Morgan fingerprint density at radius 2 is 1.63 bits per heavy atom. The van der Waals surface area contributed by atoms with Gasteiger partial charge in [0.1, 0.15) is 0 Å². The van der Waals surface area contributed by atoms with Gasteiger partial charge in [-0.3, -0.25) is 4.90 Å². The van der Waals surface area contributed by atoms with Crippen LogP contribution in [0.4, 0.5) is 0 Å². The van der Waals surface area contributed by atoms with Gasteiger partial charge in [0.2, 0.25) is 8.32 Å². The summed E-state index contributed by atoms with van der Waals surface area (Å²) in [7, 11) is -1.71. The highest BCUT2D eigenvalue weighted by molar-refractivity contribution is 6.77. The fourth-order valence-corrected chi connectivity index (χ4v) is 10.0. The summed E-state index contributed by atoms with van der Waals surface area (Å²) in [6.07, 6.45) is 6.34. The minimum Gasteiger partial charge on any atom is -0.411 e. The van der Waals surface area contributed by atoms with Gasteiger partial charge in [0.25, 0.3) is 0 Å². The zero-order valence-electron chi connectivity index (χ0n) is 13.5. The first-order chi connectivity index (χ1) is 8.89. The smallest absolute Gasteiger partial charge is 0.200 e. The highest BCUT2D eigenvalue weighted by atomic mass is 28.4. The Hall–Kier alpha value is -0.123. The zero-order chi connectivity index (χ0) is 14.2. The van der Waals surface area contributed by atoms with Crippen molar-refractivity contribution in [3.8, 4) is 0 Å². The summed E-state index contributed by atoms with van der Waals surface area (Å²) in [5.41, 5.74) is 2.06. The van der Waals surface area contributed by atoms with E-state index in [0.29, 0.717) is 28.8 Å². The van der Waals surface area contributed by atoms with E-state index in [0.717, 1.165) is 6.54 Å². The molecule has 0 N–H and O–H groups in total. The van der Waals surface area contributed by atoms with Crippen molar-refractivity contribution in [2.24, 2.45) is 0 Å². The molecule has 0 radical (unpaired) electrons. The maximum atomic E-state index is 6.94. The van der Waals surface area contributed by atoms with Crippen molar-refractivity contribution in [2.75, 3.05) is 13.1 Å². The Bertz CT molecular complexity index is 316. The molecule has 0 aromatic rings. The van der Waals surface area contributed by atoms with E-state index in [4.69, 9.17) is 4.43 Å². The van der Waals surface area contributed by atoms with Crippen molar-refractivity contribution in [2.45, 2.75) is 76.7 Å². The molecule has 0 unspecified atom stereocenters. The van der Waals surface area contributed by atoms with Gasteiger partial charge in [-0.25, -0.2) is 0 Å². The lowest BCUT2D eigenvalue weighted by Gasteiger charge is -2.44. The highest BCUT2D eigenvalue weighted by Crippen LogP contribution is 2.44. The first-order valence-electron chi connectivity index (χ1n) is 7.98. The van der Waals surface area contributed by atoms with E-state index in [-0.39, 0.29) is 0 Å². The molecule has 2 atom stereocenters. The first kappa shape index (κ1) is 15.3. The van der Waals surface area contributed by atoms with Crippen LogP contribution >= 0.6 is 0 Å². The molecule has 0 amide bonds. The fraction of sp³-hybridized carbons (Fsp3) is 0.875. The third-order valence-corrected chi connectivity index (χ3v) is 11.4. The molecule has 2 heterocycles. The number of nitrogens with zero attached hydrogens (tertiary/aromatic N) is 1. The standard InChI is InChI=1S/C16H31NOSi/c1-12(2)19(13(3)4,14(5)6)18-16-9-11-17-10-7-8-15(16)17/h7-8,12-16H,9-11H2,1-6H3/t15-,16-/m1/s1. The van der Waals surface area contributed by atoms with Crippen LogP contribution < -0.4 is 0 Å². The fourth-order valence-electron chi connectivity index (χ4n) is 4.44. The Kier molecular flexibility index (Phi) is 4.58. The number of fused-ring (bicyclic) bond motifs is 1. The predicted molar refractivity (Wildman–Crippen MR) is 85.0 cm³/mol. The number of hydrogen-bond donors (Lipinski definition) is 0. The third kappa shape index (κ3) is 2.57. The largest absolute Gasteiger partial charge is 0.411 e. The Labute approximate surface area is 120 Å². The molecule has 2 nitrogen and oxygen atoms in total. The van der Waals surface area contributed by atoms with Crippen LogP contribution in [0.1, 0.15) is 48.0 Å². The van der Waals surface area contributed by atoms with E-state index in [1.807, 2.05) is 0 Å². The average molecular weight is 282 g/mol. The molecule has 110 valence electrons. The summed E-state index contributed by atoms with van der Waals surface area (Å²) in [5.74, 6) is 0. The third-order valence-electron chi connectivity index (χ3n) is 5.24. The molecular weight excluding hydrogens is 250 g/mol. The molecule has 1 fully saturated rings. The first-order valence-corrected chi connectivity index (χ1v) is 10.1. The summed E-state index contributed by atoms with van der Waals surface area (Å²) in [6.45, 7) is 16.6. The van der Waals surface area contributed by atoms with Crippen molar-refractivity contribution < 1.29 is 4.43 Å². The highest BCUT2D eigenvalue weighted by Gasteiger charge is 2.49. The van der Waals surface area contributed by atoms with Crippen LogP contribution in [0.3, 0.4) is 0 Å². The quantitative estimate of drug-likeness (QED) is 0.553. The molecule has 0 saturated carbocycles. The molecular formula is C16H31NOSi. The van der Waals surface area contributed by atoms with Crippen LogP contribution in [-0.2, 0) is 4.43 Å². The molecule has 0 aromatic carbocycles. The molecule has 0 aromatic heterocycles. The van der Waals surface area contributed by atoms with Gasteiger partial charge in [-0.2, -0.15) is 0 Å². The maximum Gasteiger partial charge on any atom is 0.200 e. The summed E-state index contributed by atoms with van der Waals surface area (Å²) in [4.78, 5) is 2.56. The summed E-state index contributed by atoms with van der Waals surface area (Å²) in [6, 6.07) is 0.558. The van der Waals surface area contributed by atoms with E-state index >= 15 is 0 Å². The van der Waals surface area contributed by atoms with Crippen molar-refractivity contribution in [3.05, 3.63) is 12.2 Å². The van der Waals surface area contributed by atoms with Gasteiger partial charge in [-0.05, 0) is 23.0 Å². The zero-order valence-corrected chi connectivity index (χ0v) is 14.5. The van der Waals surface area contributed by atoms with Crippen molar-refractivity contribution in [1.82, 2.24) is 4.90 Å². The van der Waals surface area contributed by atoms with E-state index < -0.39 is 8.32 Å². The molecule has 1 saturated heterocycles. The second-order valence-electron chi connectivity index (χ2n) is 7.18. The van der Waals surface area contributed by atoms with Gasteiger partial charge in [0.05, 0.1) is 12.1 Å². The molecule has 2 rings (SSSR count). The topological polar surface area (TPSA) is 12.5 Å². The second kappa shape index (κ2) is 5.70. The summed E-state index contributed by atoms with van der Waals surface area (Å²) < 4.78 is 6.94. The Morgan fingerprint density at radius 3 is 2.16 bits per heavy atom. The lowest BCUT2D eigenvalue weighted by Crippen LogP contribution is -2.51. The van der Waals surface area contributed by atoms with Crippen molar-refractivity contribution in [1.29, 1.82) is 0 Å². The molecule has 0 spiro atoms. The minimum absolute atomic E-state index is 0.442. The normalized spacial score (nSPS) is 28.1. The summed E-state index contributed by atoms with van der Waals surface area (Å²) in [5, 5.41) is 0. The van der Waals surface area contributed by atoms with Crippen LogP contribution in [0.25, 0.3) is 0 Å². The molecule has 19 heavy (non-hydrogen) atoms. The van der Waals surface area contributed by atoms with Crippen LogP contribution in [0.2, 0.25) is 16.6 Å². The van der Waals surface area contributed by atoms with Crippen LogP contribution in [0.5, 0.6) is 0 Å². The van der Waals surface area contributed by atoms with Crippen LogP contribution in [0.15, 0.2) is 12.2 Å². The van der Waals surface area contributed by atoms with E-state index in [1.165, 1.54) is 13.0 Å². The van der Waals surface area contributed by atoms with Gasteiger partial charge in [-0.15, -0.1) is 0 Å². The second-order valence-corrected chi connectivity index (χ2v) is 12.6. The number of rotatable bonds is 5. The van der Waals surface area contributed by atoms with Gasteiger partial charge in [0.15, 0.2) is 0 Å². The monoisotopic (exact) mass is 281 g/mol. The van der Waals surface area contributed by atoms with E-state index in [2.05, 4.69) is 58.6 Å². The van der Waals surface area contributed by atoms with E-state index in [1.54, 1.807) is 0 Å². The van der Waals surface area contributed by atoms with Gasteiger partial charge < -0.3 is 4.43 Å². The minimum atomic E-state index is -1.71. The molecule has 2 aliphatic rings. The molecule has 2 aliphatic heterocycles. The SMILES string of the molecule is CC(C)[Si](O[C@@H]1CCN2CC=C[C@H]12)(C(C)C)C(C)C. The van der Waals surface area contributed by atoms with Crippen LogP contribution in [0, 0.1) is 0 Å². The maximum absolute atomic E-state index is 6.94. The van der Waals surface area contributed by atoms with Crippen molar-refractivity contribution in [3.63, 3.8) is 0 Å². The lowest BCUT2D eigenvalue weighted by atomic mass is 10.2. The Morgan fingerprint density at radius 1 is 1.05 bits per heavy atom. The van der Waals surface area contributed by atoms with Gasteiger partial charge >= 0.3 is 0 Å². The average Bonchev–Trinajstić information content (AvgIpc) is 2.87. The molecule has 3 heteroatoms. The van der Waals surface area contributed by atoms with Crippen molar-refractivity contribution >= 4 is 8.32 Å². The van der Waals surface area contributed by atoms with E-state index in [9.17, 15) is 0 Å². The van der Waals surface area contributed by atoms with Gasteiger partial charge in [0, 0.05) is 13.1 Å². The Balaban J connectivity index is 2.18. The van der Waals surface area contributed by atoms with Crippen LogP contribution in [-0.4, -0.2) is 38.5 Å². The van der Waals surface area contributed by atoms with Gasteiger partial charge in [-0.1, -0.05) is 53.7 Å². The summed E-state index contributed by atoms with van der Waals surface area (Å²) >= 11 is 0. The molecule has 0 bridgehead atoms. The predicted octanol–water partition coefficient (Wildman–Crippen LogP) is 4.19. The number of hydrogen-bond acceptors (Lipinski definition) is 2. The lowest BCUT2D eigenvalue weighted by molar-refractivity contribution is 0.152.